The number of nitrogens with one attached hydrogen (secondary N) is 2. The molecule has 4 heteroatoms. The van der Waals surface area contributed by atoms with Gasteiger partial charge < -0.3 is 10.6 Å². The van der Waals surface area contributed by atoms with Gasteiger partial charge in [-0.2, -0.15) is 0 Å². The van der Waals surface area contributed by atoms with Gasteiger partial charge in [0.2, 0.25) is 0 Å². The minimum absolute atomic E-state index is 0.692. The highest BCUT2D eigenvalue weighted by Crippen LogP contribution is 2.62. The molecular formula is C46H78N4. The summed E-state index contributed by atoms with van der Waals surface area (Å²) in [5, 5.41) is 8.66. The molecule has 4 nitrogen and oxygen atoms in total. The van der Waals surface area contributed by atoms with E-state index in [4.69, 9.17) is 0 Å². The van der Waals surface area contributed by atoms with Crippen molar-refractivity contribution in [3.8, 4) is 0 Å². The highest BCUT2D eigenvalue weighted by atomic mass is 15.3. The monoisotopic (exact) mass is 687 g/mol. The van der Waals surface area contributed by atoms with Gasteiger partial charge in [0.25, 0.3) is 0 Å². The van der Waals surface area contributed by atoms with Gasteiger partial charge in [-0.25, -0.2) is 0 Å². The van der Waals surface area contributed by atoms with Crippen LogP contribution < -0.4 is 10.6 Å². The topological polar surface area (TPSA) is 30.5 Å². The van der Waals surface area contributed by atoms with Gasteiger partial charge in [-0.1, -0.05) is 77.0 Å². The molecule has 2 aliphatic heterocycles. The van der Waals surface area contributed by atoms with Gasteiger partial charge in [-0.05, 0) is 175 Å². The molecule has 2 heterocycles. The molecule has 0 aromatic rings. The van der Waals surface area contributed by atoms with Crippen LogP contribution in [0.3, 0.4) is 0 Å². The number of fused-ring (bicyclic) bond motifs is 2. The third-order valence-electron chi connectivity index (χ3n) is 18.8. The number of hydrogen-bond donors (Lipinski definition) is 2. The smallest absolute Gasteiger partial charge is 0.0633 e. The van der Waals surface area contributed by atoms with Crippen LogP contribution in [0.5, 0.6) is 0 Å². The highest BCUT2D eigenvalue weighted by molar-refractivity contribution is 5.10. The largest absolute Gasteiger partial charge is 0.301 e. The van der Waals surface area contributed by atoms with E-state index in [1.165, 1.54) is 154 Å². The van der Waals surface area contributed by atoms with E-state index in [-0.39, 0.29) is 0 Å². The lowest BCUT2D eigenvalue weighted by molar-refractivity contribution is -0.161. The van der Waals surface area contributed by atoms with E-state index < -0.39 is 0 Å². The lowest BCUT2D eigenvalue weighted by Gasteiger charge is -2.65. The van der Waals surface area contributed by atoms with Crippen LogP contribution in [-0.2, 0) is 0 Å². The van der Waals surface area contributed by atoms with Crippen LogP contribution in [-0.4, -0.2) is 59.4 Å². The van der Waals surface area contributed by atoms with Crippen molar-refractivity contribution < 1.29 is 0 Å². The summed E-state index contributed by atoms with van der Waals surface area (Å²) in [7, 11) is 0. The summed E-state index contributed by atoms with van der Waals surface area (Å²) in [5.41, 5.74) is 0. The maximum absolute atomic E-state index is 4.33. The normalized spacial score (nSPS) is 48.8. The number of rotatable bonds is 6. The van der Waals surface area contributed by atoms with Crippen molar-refractivity contribution in [2.24, 2.45) is 59.2 Å². The van der Waals surface area contributed by atoms with Crippen LogP contribution in [0.15, 0.2) is 0 Å². The van der Waals surface area contributed by atoms with E-state index in [2.05, 4.69) is 20.4 Å². The van der Waals surface area contributed by atoms with Crippen molar-refractivity contribution >= 4 is 0 Å². The summed E-state index contributed by atoms with van der Waals surface area (Å²) in [6.45, 7) is 2.59. The third-order valence-corrected chi connectivity index (χ3v) is 18.8. The van der Waals surface area contributed by atoms with Crippen molar-refractivity contribution in [3.05, 3.63) is 0 Å². The van der Waals surface area contributed by atoms with Crippen molar-refractivity contribution in [1.29, 1.82) is 0 Å². The molecule has 0 radical (unpaired) electrons. The highest BCUT2D eigenvalue weighted by Gasteiger charge is 2.59. The zero-order chi connectivity index (χ0) is 33.0. The summed E-state index contributed by atoms with van der Waals surface area (Å²) >= 11 is 0. The molecule has 14 unspecified atom stereocenters. The van der Waals surface area contributed by atoms with E-state index in [1.807, 2.05) is 0 Å². The van der Waals surface area contributed by atoms with Gasteiger partial charge in [0.05, 0.1) is 12.3 Å². The fourth-order valence-electron chi connectivity index (χ4n) is 17.0. The van der Waals surface area contributed by atoms with E-state index >= 15 is 0 Å². The summed E-state index contributed by atoms with van der Waals surface area (Å²) in [6, 6.07) is 3.47. The van der Waals surface area contributed by atoms with Gasteiger partial charge in [-0.3, -0.25) is 9.80 Å². The second-order valence-corrected chi connectivity index (χ2v) is 20.7. The van der Waals surface area contributed by atoms with Gasteiger partial charge in [-0.15, -0.1) is 0 Å². The Balaban J connectivity index is 0.965. The van der Waals surface area contributed by atoms with Gasteiger partial charge in [0.1, 0.15) is 0 Å². The first-order valence-corrected chi connectivity index (χ1v) is 23.8. The fraction of sp³-hybridized carbons (Fsp3) is 1.00. The molecule has 2 saturated heterocycles. The Morgan fingerprint density at radius 3 is 1.16 bits per heavy atom. The molecule has 10 fully saturated rings. The Morgan fingerprint density at radius 1 is 0.300 bits per heavy atom. The Kier molecular flexibility index (Phi) is 10.4. The second kappa shape index (κ2) is 15.2. The first-order chi connectivity index (χ1) is 24.8. The Hall–Kier alpha value is -0.160. The van der Waals surface area contributed by atoms with Crippen molar-refractivity contribution in [3.63, 3.8) is 0 Å². The lowest BCUT2D eigenvalue weighted by Crippen LogP contribution is -2.68. The lowest BCUT2D eigenvalue weighted by atomic mass is 9.46. The average Bonchev–Trinajstić information content (AvgIpc) is 3.19. The predicted octanol–water partition coefficient (Wildman–Crippen LogP) is 10.1. The van der Waals surface area contributed by atoms with Crippen LogP contribution in [0.1, 0.15) is 180 Å². The standard InChI is InChI=1S/C46H78N4/c1-3-13-35(14-4-1)49(45-37-17-9-7-11-31(37)27-29-47-45)41-25-21-33-19-20-34-22-26-42(40-24-23-39(41)43(33)44(34)40)50(36-15-5-2-6-16-36)46-38-18-10-8-12-32(38)28-30-48-46/h31-48H,1-30H2. The molecule has 0 amide bonds. The quantitative estimate of drug-likeness (QED) is 0.291. The van der Waals surface area contributed by atoms with Gasteiger partial charge >= 0.3 is 0 Å². The van der Waals surface area contributed by atoms with Crippen molar-refractivity contribution in [2.75, 3.05) is 13.1 Å². The van der Waals surface area contributed by atoms with E-state index in [0.717, 1.165) is 83.3 Å². The second-order valence-electron chi connectivity index (χ2n) is 20.7. The molecule has 10 aliphatic rings. The fourth-order valence-corrected chi connectivity index (χ4v) is 17.0. The van der Waals surface area contributed by atoms with Crippen LogP contribution in [0, 0.1) is 59.2 Å². The van der Waals surface area contributed by atoms with Crippen LogP contribution in [0.4, 0.5) is 0 Å². The molecular weight excluding hydrogens is 609 g/mol. The molecule has 14 atom stereocenters. The Bertz CT molecular complexity index is 1020. The molecule has 0 spiro atoms. The molecule has 8 aliphatic carbocycles. The molecule has 50 heavy (non-hydrogen) atoms. The third kappa shape index (κ3) is 6.23. The van der Waals surface area contributed by atoms with Crippen LogP contribution in [0.2, 0.25) is 0 Å². The summed E-state index contributed by atoms with van der Waals surface area (Å²) in [5.74, 6) is 10.0. The van der Waals surface area contributed by atoms with E-state index in [0.29, 0.717) is 12.3 Å². The first kappa shape index (κ1) is 34.3. The average molecular weight is 687 g/mol. The number of piperidine rings is 2. The van der Waals surface area contributed by atoms with Crippen LogP contribution in [0.25, 0.3) is 0 Å². The predicted molar refractivity (Wildman–Crippen MR) is 207 cm³/mol. The van der Waals surface area contributed by atoms with E-state index in [1.54, 1.807) is 38.5 Å². The molecule has 0 bridgehead atoms. The molecule has 8 saturated carbocycles. The molecule has 282 valence electrons. The maximum Gasteiger partial charge on any atom is 0.0633 e. The van der Waals surface area contributed by atoms with Crippen molar-refractivity contribution in [2.45, 2.75) is 216 Å². The number of hydrogen-bond acceptors (Lipinski definition) is 4. The number of nitrogens with zero attached hydrogens (tertiary/aromatic N) is 2. The summed E-state index contributed by atoms with van der Waals surface area (Å²) in [6.07, 6.45) is 43.9. The minimum atomic E-state index is 0.692. The SMILES string of the molecule is C1CCC(N(C2CCC3CCC4CCC(N(C5CCCCC5)C5NCCC6CCCCC65)C5CCC2C3C45)C2NCCC3CCCCC32)CC1. The summed E-state index contributed by atoms with van der Waals surface area (Å²) in [4.78, 5) is 6.71. The zero-order valence-corrected chi connectivity index (χ0v) is 32.3. The Labute approximate surface area is 308 Å². The zero-order valence-electron chi connectivity index (χ0n) is 32.3. The maximum atomic E-state index is 4.33. The first-order valence-electron chi connectivity index (χ1n) is 23.8. The minimum Gasteiger partial charge on any atom is -0.301 e. The van der Waals surface area contributed by atoms with Crippen LogP contribution >= 0.6 is 0 Å². The molecule has 0 aromatic heterocycles. The van der Waals surface area contributed by atoms with E-state index in [9.17, 15) is 0 Å². The molecule has 2 N–H and O–H groups in total. The summed E-state index contributed by atoms with van der Waals surface area (Å²) < 4.78 is 0. The molecule has 0 aromatic carbocycles. The van der Waals surface area contributed by atoms with Crippen molar-refractivity contribution in [1.82, 2.24) is 20.4 Å². The van der Waals surface area contributed by atoms with Gasteiger partial charge in [0, 0.05) is 24.2 Å². The molecule has 10 rings (SSSR count). The Morgan fingerprint density at radius 2 is 0.700 bits per heavy atom. The van der Waals surface area contributed by atoms with Gasteiger partial charge in [0.15, 0.2) is 0 Å².